The lowest BCUT2D eigenvalue weighted by atomic mass is 9.97. The lowest BCUT2D eigenvalue weighted by molar-refractivity contribution is 0.410. The molecule has 6 aromatic carbocycles. The SMILES string of the molecule is CCCCCCCCCCn1c2ccc(-c3ccccc3)cc2c2cc(-c3cc4c5cc(-c6ccccc6)ccc5n(CCCCCCCCCC)c4cc3OC)c(OC)cc21. The van der Waals surface area contributed by atoms with Crippen molar-refractivity contribution in [3.63, 3.8) is 0 Å². The second-order valence-electron chi connectivity index (χ2n) is 17.6. The van der Waals surface area contributed by atoms with Gasteiger partial charge in [-0.15, -0.1) is 0 Å². The maximum absolute atomic E-state index is 6.36. The molecule has 4 heteroatoms. The van der Waals surface area contributed by atoms with Crippen LogP contribution in [-0.4, -0.2) is 23.4 Å². The van der Waals surface area contributed by atoms with E-state index >= 15 is 0 Å². The Labute approximate surface area is 370 Å². The molecule has 0 atom stereocenters. The van der Waals surface area contributed by atoms with Crippen molar-refractivity contribution in [2.45, 2.75) is 130 Å². The molecule has 0 unspecified atom stereocenters. The van der Waals surface area contributed by atoms with E-state index in [0.717, 1.165) is 48.6 Å². The molecule has 62 heavy (non-hydrogen) atoms. The van der Waals surface area contributed by atoms with E-state index in [0.29, 0.717) is 0 Å². The zero-order chi connectivity index (χ0) is 42.7. The zero-order valence-corrected chi connectivity index (χ0v) is 38.0. The van der Waals surface area contributed by atoms with E-state index in [1.54, 1.807) is 0 Å². The maximum Gasteiger partial charge on any atom is 0.128 e. The van der Waals surface area contributed by atoms with Crippen molar-refractivity contribution in [1.29, 1.82) is 0 Å². The summed E-state index contributed by atoms with van der Waals surface area (Å²) in [4.78, 5) is 0. The van der Waals surface area contributed by atoms with Gasteiger partial charge in [0.2, 0.25) is 0 Å². The number of aryl methyl sites for hydroxylation is 2. The zero-order valence-electron chi connectivity index (χ0n) is 38.0. The Hall–Kier alpha value is -5.48. The molecule has 0 bridgehead atoms. The fourth-order valence-corrected chi connectivity index (χ4v) is 9.92. The molecule has 0 spiro atoms. The first kappa shape index (κ1) is 43.2. The van der Waals surface area contributed by atoms with Crippen LogP contribution in [0, 0.1) is 0 Å². The van der Waals surface area contributed by atoms with Crippen LogP contribution >= 0.6 is 0 Å². The molecule has 0 saturated heterocycles. The number of hydrogen-bond acceptors (Lipinski definition) is 2. The number of ether oxygens (including phenoxy) is 2. The summed E-state index contributed by atoms with van der Waals surface area (Å²) in [5, 5.41) is 5.05. The lowest BCUT2D eigenvalue weighted by Gasteiger charge is -2.15. The molecule has 8 aromatic rings. The monoisotopic (exact) mass is 825 g/mol. The number of unbranched alkanes of at least 4 members (excludes halogenated alkanes) is 14. The van der Waals surface area contributed by atoms with E-state index in [9.17, 15) is 0 Å². The number of fused-ring (bicyclic) bond motifs is 6. The number of benzene rings is 6. The quantitative estimate of drug-likeness (QED) is 0.0601. The van der Waals surface area contributed by atoms with Gasteiger partial charge in [-0.25, -0.2) is 0 Å². The molecular formula is C58H68N2O2. The van der Waals surface area contributed by atoms with Gasteiger partial charge in [0.25, 0.3) is 0 Å². The van der Waals surface area contributed by atoms with Gasteiger partial charge in [-0.2, -0.15) is 0 Å². The van der Waals surface area contributed by atoms with Gasteiger partial charge in [0, 0.05) is 68.9 Å². The van der Waals surface area contributed by atoms with Gasteiger partial charge in [0.15, 0.2) is 0 Å². The van der Waals surface area contributed by atoms with Crippen LogP contribution in [0.15, 0.2) is 121 Å². The fraction of sp³-hybridized carbons (Fsp3) is 0.379. The third kappa shape index (κ3) is 9.45. The van der Waals surface area contributed by atoms with Gasteiger partial charge in [-0.3, -0.25) is 0 Å². The van der Waals surface area contributed by atoms with Gasteiger partial charge < -0.3 is 18.6 Å². The van der Waals surface area contributed by atoms with Crippen LogP contribution < -0.4 is 9.47 Å². The highest BCUT2D eigenvalue weighted by Crippen LogP contribution is 2.46. The van der Waals surface area contributed by atoms with E-state index in [-0.39, 0.29) is 0 Å². The van der Waals surface area contributed by atoms with Crippen molar-refractivity contribution in [3.8, 4) is 44.9 Å². The standard InChI is InChI=1S/C58H68N2O2/c1-5-7-9-11-13-15-17-25-35-59-53-33-31-45(43-27-21-19-22-28-43)37-47(53)49-39-51(57(61-3)41-55(49)59)52-40-50-48-38-46(44-29-23-20-24-30-44)32-34-54(48)60(56(50)42-58(52)62-4)36-26-18-16-14-12-10-8-6-2/h19-24,27-34,37-42H,5-18,25-26,35-36H2,1-4H3. The lowest BCUT2D eigenvalue weighted by Crippen LogP contribution is -2.00. The molecule has 2 aromatic heterocycles. The minimum atomic E-state index is 0.867. The molecule has 4 nitrogen and oxygen atoms in total. The van der Waals surface area contributed by atoms with Crippen molar-refractivity contribution in [2.24, 2.45) is 0 Å². The number of aromatic nitrogens is 2. The number of rotatable bonds is 23. The summed E-state index contributed by atoms with van der Waals surface area (Å²) in [5.41, 5.74) is 12.1. The molecule has 8 rings (SSSR count). The molecule has 0 N–H and O–H groups in total. The molecule has 2 heterocycles. The molecule has 0 amide bonds. The van der Waals surface area contributed by atoms with Gasteiger partial charge >= 0.3 is 0 Å². The van der Waals surface area contributed by atoms with Gasteiger partial charge in [-0.05, 0) is 71.5 Å². The van der Waals surface area contributed by atoms with Crippen LogP contribution in [-0.2, 0) is 13.1 Å². The van der Waals surface area contributed by atoms with Crippen LogP contribution in [0.2, 0.25) is 0 Å². The summed E-state index contributed by atoms with van der Waals surface area (Å²) in [7, 11) is 3.63. The van der Waals surface area contributed by atoms with Crippen molar-refractivity contribution in [1.82, 2.24) is 9.13 Å². The predicted octanol–water partition coefficient (Wildman–Crippen LogP) is 17.2. The first-order valence-corrected chi connectivity index (χ1v) is 24.0. The Bertz CT molecular complexity index is 2500. The Morgan fingerprint density at radius 2 is 0.694 bits per heavy atom. The molecule has 0 fully saturated rings. The normalized spacial score (nSPS) is 11.7. The van der Waals surface area contributed by atoms with Gasteiger partial charge in [-0.1, -0.05) is 177 Å². The van der Waals surface area contributed by atoms with Gasteiger partial charge in [0.05, 0.1) is 25.3 Å². The van der Waals surface area contributed by atoms with E-state index in [4.69, 9.17) is 9.47 Å². The maximum atomic E-state index is 6.36. The molecule has 322 valence electrons. The molecule has 0 aliphatic heterocycles. The highest BCUT2D eigenvalue weighted by Gasteiger charge is 2.22. The summed E-state index contributed by atoms with van der Waals surface area (Å²) in [6.45, 7) is 6.56. The van der Waals surface area contributed by atoms with Crippen molar-refractivity contribution in [3.05, 3.63) is 121 Å². The highest BCUT2D eigenvalue weighted by atomic mass is 16.5. The van der Waals surface area contributed by atoms with E-state index < -0.39 is 0 Å². The van der Waals surface area contributed by atoms with E-state index in [1.165, 1.54) is 156 Å². The third-order valence-corrected chi connectivity index (χ3v) is 13.3. The van der Waals surface area contributed by atoms with Crippen LogP contribution in [0.4, 0.5) is 0 Å². The summed E-state index contributed by atoms with van der Waals surface area (Å²) in [6, 6.07) is 45.0. The smallest absolute Gasteiger partial charge is 0.128 e. The average Bonchev–Trinajstić information content (AvgIpc) is 3.79. The summed E-state index contributed by atoms with van der Waals surface area (Å²) < 4.78 is 17.8. The summed E-state index contributed by atoms with van der Waals surface area (Å²) >= 11 is 0. The Morgan fingerprint density at radius 1 is 0.339 bits per heavy atom. The number of nitrogens with zero attached hydrogens (tertiary/aromatic N) is 2. The fourth-order valence-electron chi connectivity index (χ4n) is 9.92. The van der Waals surface area contributed by atoms with E-state index in [2.05, 4.69) is 144 Å². The molecule has 0 aliphatic rings. The first-order chi connectivity index (χ1) is 30.6. The van der Waals surface area contributed by atoms with Crippen LogP contribution in [0.3, 0.4) is 0 Å². The third-order valence-electron chi connectivity index (χ3n) is 13.3. The largest absolute Gasteiger partial charge is 0.496 e. The minimum absolute atomic E-state index is 0.867. The Kier molecular flexibility index (Phi) is 14.7. The predicted molar refractivity (Wildman–Crippen MR) is 267 cm³/mol. The van der Waals surface area contributed by atoms with Crippen molar-refractivity contribution in [2.75, 3.05) is 14.2 Å². The van der Waals surface area contributed by atoms with Crippen molar-refractivity contribution < 1.29 is 9.47 Å². The topological polar surface area (TPSA) is 28.3 Å². The second-order valence-corrected chi connectivity index (χ2v) is 17.6. The summed E-state index contributed by atoms with van der Waals surface area (Å²) in [5.74, 6) is 1.73. The average molecular weight is 825 g/mol. The molecule has 0 saturated carbocycles. The molecule has 0 aliphatic carbocycles. The van der Waals surface area contributed by atoms with Crippen molar-refractivity contribution >= 4 is 43.6 Å². The highest BCUT2D eigenvalue weighted by molar-refractivity contribution is 6.14. The summed E-state index contributed by atoms with van der Waals surface area (Å²) in [6.07, 6.45) is 20.8. The molecular weight excluding hydrogens is 757 g/mol. The number of methoxy groups -OCH3 is 2. The minimum Gasteiger partial charge on any atom is -0.496 e. The Morgan fingerprint density at radius 3 is 1.06 bits per heavy atom. The molecule has 0 radical (unpaired) electrons. The second kappa shape index (κ2) is 21.1. The number of hydrogen-bond donors (Lipinski definition) is 0. The Balaban J connectivity index is 1.22. The van der Waals surface area contributed by atoms with E-state index in [1.807, 2.05) is 14.2 Å². The van der Waals surface area contributed by atoms with Crippen LogP contribution in [0.25, 0.3) is 77.0 Å². The van der Waals surface area contributed by atoms with Crippen LogP contribution in [0.1, 0.15) is 117 Å². The van der Waals surface area contributed by atoms with Crippen LogP contribution in [0.5, 0.6) is 11.5 Å². The van der Waals surface area contributed by atoms with Gasteiger partial charge in [0.1, 0.15) is 11.5 Å². The first-order valence-electron chi connectivity index (χ1n) is 24.0.